The van der Waals surface area contributed by atoms with Gasteiger partial charge in [-0.2, -0.15) is 0 Å². The van der Waals surface area contributed by atoms with Gasteiger partial charge in [-0.05, 0) is 5.56 Å². The minimum Gasteiger partial charge on any atom is -0.378 e. The van der Waals surface area contributed by atoms with Crippen molar-refractivity contribution in [2.24, 2.45) is 0 Å². The fraction of sp³-hybridized carbons (Fsp3) is 0.400. The summed E-state index contributed by atoms with van der Waals surface area (Å²) in [6, 6.07) is 11.6. The molecule has 19 heavy (non-hydrogen) atoms. The van der Waals surface area contributed by atoms with Crippen LogP contribution in [0.15, 0.2) is 35.8 Å². The summed E-state index contributed by atoms with van der Waals surface area (Å²) < 4.78 is 5.77. The van der Waals surface area contributed by atoms with E-state index in [1.54, 1.807) is 11.3 Å². The number of rotatable bonds is 2. The summed E-state index contributed by atoms with van der Waals surface area (Å²) in [5.41, 5.74) is 4.66. The van der Waals surface area contributed by atoms with Gasteiger partial charge in [-0.15, -0.1) is 11.3 Å². The molecule has 2 aromatic rings. The molecule has 4 heteroatoms. The maximum Gasteiger partial charge on any atom is 0.0798 e. The van der Waals surface area contributed by atoms with Crippen molar-refractivity contribution in [3.63, 3.8) is 0 Å². The van der Waals surface area contributed by atoms with Crippen LogP contribution in [0.3, 0.4) is 0 Å². The lowest BCUT2D eigenvalue weighted by molar-refractivity contribution is -0.0619. The number of hydrogen-bond donors (Lipinski definition) is 0. The minimum absolute atomic E-state index is 0.398. The lowest BCUT2D eigenvalue weighted by atomic mass is 9.96. The molecule has 2 bridgehead atoms. The Morgan fingerprint density at radius 1 is 1.26 bits per heavy atom. The highest BCUT2D eigenvalue weighted by atomic mass is 32.1. The largest absolute Gasteiger partial charge is 0.378 e. The van der Waals surface area contributed by atoms with E-state index in [1.807, 2.05) is 5.51 Å². The zero-order valence-corrected chi connectivity index (χ0v) is 11.5. The molecule has 1 aromatic carbocycles. The molecule has 0 N–H and O–H groups in total. The highest BCUT2D eigenvalue weighted by molar-refractivity contribution is 7.09. The highest BCUT2D eigenvalue weighted by Crippen LogP contribution is 2.39. The first kappa shape index (κ1) is 11.6. The van der Waals surface area contributed by atoms with Crippen LogP contribution in [-0.4, -0.2) is 29.1 Å². The van der Waals surface area contributed by atoms with Crippen molar-refractivity contribution in [2.75, 3.05) is 13.2 Å². The quantitative estimate of drug-likeness (QED) is 0.840. The fourth-order valence-electron chi connectivity index (χ4n) is 3.12. The number of morpholine rings is 1. The van der Waals surface area contributed by atoms with Gasteiger partial charge in [-0.3, -0.25) is 4.90 Å². The van der Waals surface area contributed by atoms with Crippen molar-refractivity contribution in [3.05, 3.63) is 52.0 Å². The van der Waals surface area contributed by atoms with Gasteiger partial charge in [0.15, 0.2) is 0 Å². The molecule has 3 heterocycles. The Morgan fingerprint density at radius 2 is 2.16 bits per heavy atom. The topological polar surface area (TPSA) is 25.4 Å². The van der Waals surface area contributed by atoms with E-state index in [2.05, 4.69) is 40.2 Å². The minimum atomic E-state index is 0.398. The average Bonchev–Trinajstić information content (AvgIpc) is 2.88. The van der Waals surface area contributed by atoms with Crippen LogP contribution in [0.2, 0.25) is 0 Å². The van der Waals surface area contributed by atoms with E-state index in [4.69, 9.17) is 4.74 Å². The van der Waals surface area contributed by atoms with Gasteiger partial charge in [0.1, 0.15) is 0 Å². The molecule has 2 aliphatic rings. The summed E-state index contributed by atoms with van der Waals surface area (Å²) in [6.07, 6.45) is 1.03. The maximum absolute atomic E-state index is 5.77. The molecule has 1 fully saturated rings. The van der Waals surface area contributed by atoms with E-state index in [9.17, 15) is 0 Å². The molecule has 1 aromatic heterocycles. The molecular weight excluding hydrogens is 256 g/mol. The number of nitrogens with zero attached hydrogens (tertiary/aromatic N) is 2. The first-order valence-electron chi connectivity index (χ1n) is 6.71. The maximum atomic E-state index is 5.77. The van der Waals surface area contributed by atoms with Gasteiger partial charge in [0, 0.05) is 23.9 Å². The second-order valence-electron chi connectivity index (χ2n) is 5.23. The lowest BCUT2D eigenvalue weighted by Crippen LogP contribution is -2.50. The van der Waals surface area contributed by atoms with Crippen LogP contribution >= 0.6 is 11.3 Å². The smallest absolute Gasteiger partial charge is 0.0798 e. The number of ether oxygens (including phenoxy) is 1. The van der Waals surface area contributed by atoms with Gasteiger partial charge in [-0.1, -0.05) is 30.3 Å². The van der Waals surface area contributed by atoms with Gasteiger partial charge in [0.25, 0.3) is 0 Å². The summed E-state index contributed by atoms with van der Waals surface area (Å²) in [5, 5.41) is 0. The third kappa shape index (κ3) is 2.00. The summed E-state index contributed by atoms with van der Waals surface area (Å²) in [4.78, 5) is 8.52. The zero-order valence-electron chi connectivity index (χ0n) is 10.7. The summed E-state index contributed by atoms with van der Waals surface area (Å²) in [7, 11) is 0. The summed E-state index contributed by atoms with van der Waals surface area (Å²) >= 11 is 1.78. The van der Waals surface area contributed by atoms with Crippen LogP contribution in [0.5, 0.6) is 0 Å². The van der Waals surface area contributed by atoms with Crippen LogP contribution in [0.4, 0.5) is 0 Å². The normalized spacial score (nSPS) is 26.1. The van der Waals surface area contributed by atoms with Gasteiger partial charge in [0.2, 0.25) is 0 Å². The van der Waals surface area contributed by atoms with E-state index in [1.165, 1.54) is 16.1 Å². The van der Waals surface area contributed by atoms with Crippen molar-refractivity contribution in [2.45, 2.75) is 25.0 Å². The molecule has 98 valence electrons. The molecule has 0 amide bonds. The van der Waals surface area contributed by atoms with Crippen molar-refractivity contribution < 1.29 is 4.74 Å². The lowest BCUT2D eigenvalue weighted by Gasteiger charge is -2.45. The van der Waals surface area contributed by atoms with Gasteiger partial charge in [-0.25, -0.2) is 4.98 Å². The first-order valence-corrected chi connectivity index (χ1v) is 7.59. The van der Waals surface area contributed by atoms with Crippen LogP contribution in [-0.2, 0) is 17.7 Å². The van der Waals surface area contributed by atoms with E-state index in [0.717, 1.165) is 26.2 Å². The van der Waals surface area contributed by atoms with E-state index in [-0.39, 0.29) is 0 Å². The fourth-order valence-corrected chi connectivity index (χ4v) is 4.05. The molecule has 2 atom stereocenters. The average molecular weight is 272 g/mol. The molecule has 0 spiro atoms. The van der Waals surface area contributed by atoms with Crippen molar-refractivity contribution >= 4 is 11.3 Å². The predicted molar refractivity (Wildman–Crippen MR) is 75.2 cm³/mol. The molecule has 0 aliphatic carbocycles. The third-order valence-electron chi connectivity index (χ3n) is 4.07. The molecular formula is C15H16N2OS. The van der Waals surface area contributed by atoms with Gasteiger partial charge >= 0.3 is 0 Å². The Labute approximate surface area is 116 Å². The van der Waals surface area contributed by atoms with E-state index in [0.29, 0.717) is 12.1 Å². The highest BCUT2D eigenvalue weighted by Gasteiger charge is 2.39. The van der Waals surface area contributed by atoms with E-state index >= 15 is 0 Å². The van der Waals surface area contributed by atoms with Crippen molar-refractivity contribution in [3.8, 4) is 0 Å². The van der Waals surface area contributed by atoms with Crippen LogP contribution < -0.4 is 0 Å². The molecule has 3 nitrogen and oxygen atoms in total. The van der Waals surface area contributed by atoms with Crippen LogP contribution in [0, 0.1) is 0 Å². The van der Waals surface area contributed by atoms with Crippen LogP contribution in [0.1, 0.15) is 22.2 Å². The number of fused-ring (bicyclic) bond motifs is 4. The summed E-state index contributed by atoms with van der Waals surface area (Å²) in [6.45, 7) is 2.65. The SMILES string of the molecule is c1ccc(CN2C3COCC2c2scnc2C3)cc1. The second-order valence-corrected chi connectivity index (χ2v) is 6.12. The van der Waals surface area contributed by atoms with E-state index < -0.39 is 0 Å². The number of benzene rings is 1. The molecule has 0 saturated carbocycles. The molecule has 2 aliphatic heterocycles. The molecule has 2 unspecified atom stereocenters. The van der Waals surface area contributed by atoms with Crippen molar-refractivity contribution in [1.82, 2.24) is 9.88 Å². The Morgan fingerprint density at radius 3 is 3.05 bits per heavy atom. The molecule has 4 rings (SSSR count). The Bertz CT molecular complexity index is 569. The van der Waals surface area contributed by atoms with Crippen molar-refractivity contribution in [1.29, 1.82) is 0 Å². The number of aromatic nitrogens is 1. The predicted octanol–water partition coefficient (Wildman–Crippen LogP) is 2.64. The Balaban J connectivity index is 1.66. The van der Waals surface area contributed by atoms with Crippen LogP contribution in [0.25, 0.3) is 0 Å². The monoisotopic (exact) mass is 272 g/mol. The Kier molecular flexibility index (Phi) is 2.87. The van der Waals surface area contributed by atoms with Gasteiger partial charge in [0.05, 0.1) is 30.5 Å². The summed E-state index contributed by atoms with van der Waals surface area (Å²) in [5.74, 6) is 0. The molecule has 0 radical (unpaired) electrons. The number of thiazole rings is 1. The zero-order chi connectivity index (χ0) is 12.7. The molecule has 1 saturated heterocycles. The Hall–Kier alpha value is -1.23. The number of hydrogen-bond acceptors (Lipinski definition) is 4. The first-order chi connectivity index (χ1) is 9.42. The second kappa shape index (κ2) is 4.71. The van der Waals surface area contributed by atoms with Gasteiger partial charge < -0.3 is 4.74 Å². The third-order valence-corrected chi connectivity index (χ3v) is 5.04. The standard InChI is InChI=1S/C15H16N2OS/c1-2-4-11(5-3-1)7-17-12-6-13-15(19-10-16-13)14(17)9-18-8-12/h1-5,10,12,14H,6-9H2.